The summed E-state index contributed by atoms with van der Waals surface area (Å²) < 4.78 is 0.946. The summed E-state index contributed by atoms with van der Waals surface area (Å²) in [4.78, 5) is 19.2. The standard InChI is InChI=1S/C15H22N4OS/c1-3-8-19(4-2)9-7-18-15(20)14-13(16)11-5-6-17-10-12(11)21-14/h5-6,10H,3-4,7-9,16H2,1-2H3,(H,18,20). The number of nitrogens with zero attached hydrogens (tertiary/aromatic N) is 2. The number of nitrogens with one attached hydrogen (secondary N) is 1. The predicted octanol–water partition coefficient (Wildman–Crippen LogP) is 2.34. The lowest BCUT2D eigenvalue weighted by Crippen LogP contribution is -2.35. The number of hydrogen-bond acceptors (Lipinski definition) is 5. The van der Waals surface area contributed by atoms with Crippen molar-refractivity contribution in [2.24, 2.45) is 0 Å². The van der Waals surface area contributed by atoms with Crippen molar-refractivity contribution in [2.75, 3.05) is 31.9 Å². The summed E-state index contributed by atoms with van der Waals surface area (Å²) in [5.41, 5.74) is 6.61. The van der Waals surface area contributed by atoms with Crippen LogP contribution in [0.15, 0.2) is 18.5 Å². The minimum absolute atomic E-state index is 0.0961. The van der Waals surface area contributed by atoms with E-state index in [1.165, 1.54) is 11.3 Å². The molecular formula is C15H22N4OS. The number of amides is 1. The van der Waals surface area contributed by atoms with Gasteiger partial charge in [-0.05, 0) is 25.6 Å². The summed E-state index contributed by atoms with van der Waals surface area (Å²) in [6, 6.07) is 1.85. The van der Waals surface area contributed by atoms with Crippen molar-refractivity contribution >= 4 is 33.0 Å². The van der Waals surface area contributed by atoms with Crippen LogP contribution in [-0.2, 0) is 0 Å². The molecule has 2 rings (SSSR count). The van der Waals surface area contributed by atoms with Crippen LogP contribution in [0.2, 0.25) is 0 Å². The van der Waals surface area contributed by atoms with Gasteiger partial charge in [0.2, 0.25) is 0 Å². The lowest BCUT2D eigenvalue weighted by atomic mass is 10.2. The molecule has 2 aromatic rings. The molecular weight excluding hydrogens is 284 g/mol. The highest BCUT2D eigenvalue weighted by atomic mass is 32.1. The third-order valence-electron chi connectivity index (χ3n) is 3.44. The summed E-state index contributed by atoms with van der Waals surface area (Å²) in [5, 5.41) is 3.86. The maximum absolute atomic E-state index is 12.2. The van der Waals surface area contributed by atoms with Gasteiger partial charge in [-0.15, -0.1) is 11.3 Å². The van der Waals surface area contributed by atoms with E-state index in [0.29, 0.717) is 17.1 Å². The minimum atomic E-state index is -0.0961. The Morgan fingerprint density at radius 3 is 2.90 bits per heavy atom. The van der Waals surface area contributed by atoms with Crippen LogP contribution in [0.3, 0.4) is 0 Å². The van der Waals surface area contributed by atoms with Gasteiger partial charge in [0.15, 0.2) is 0 Å². The molecule has 0 aliphatic carbocycles. The van der Waals surface area contributed by atoms with Crippen LogP contribution in [-0.4, -0.2) is 42.0 Å². The smallest absolute Gasteiger partial charge is 0.263 e. The second kappa shape index (κ2) is 7.38. The predicted molar refractivity (Wildman–Crippen MR) is 88.8 cm³/mol. The average Bonchev–Trinajstić information content (AvgIpc) is 2.84. The average molecular weight is 306 g/mol. The van der Waals surface area contributed by atoms with Gasteiger partial charge in [0.25, 0.3) is 5.91 Å². The van der Waals surface area contributed by atoms with Gasteiger partial charge in [0.05, 0.1) is 10.4 Å². The van der Waals surface area contributed by atoms with Crippen LogP contribution in [0.5, 0.6) is 0 Å². The molecule has 0 fully saturated rings. The number of hydrogen-bond donors (Lipinski definition) is 2. The Morgan fingerprint density at radius 2 is 2.24 bits per heavy atom. The second-order valence-corrected chi connectivity index (χ2v) is 5.96. The minimum Gasteiger partial charge on any atom is -0.397 e. The lowest BCUT2D eigenvalue weighted by Gasteiger charge is -2.19. The number of nitrogen functional groups attached to an aromatic ring is 1. The van der Waals surface area contributed by atoms with Crippen molar-refractivity contribution in [2.45, 2.75) is 20.3 Å². The van der Waals surface area contributed by atoms with E-state index in [0.717, 1.165) is 36.1 Å². The van der Waals surface area contributed by atoms with Gasteiger partial charge in [0.1, 0.15) is 4.88 Å². The highest BCUT2D eigenvalue weighted by Gasteiger charge is 2.16. The third kappa shape index (κ3) is 3.71. The van der Waals surface area contributed by atoms with Crippen LogP contribution < -0.4 is 11.1 Å². The molecule has 2 aromatic heterocycles. The zero-order valence-electron chi connectivity index (χ0n) is 12.6. The molecule has 6 heteroatoms. The van der Waals surface area contributed by atoms with Gasteiger partial charge in [-0.3, -0.25) is 9.78 Å². The molecule has 3 N–H and O–H groups in total. The number of rotatable bonds is 7. The lowest BCUT2D eigenvalue weighted by molar-refractivity contribution is 0.0953. The Bertz CT molecular complexity index is 611. The van der Waals surface area contributed by atoms with Crippen LogP contribution in [0.1, 0.15) is 29.9 Å². The van der Waals surface area contributed by atoms with E-state index in [1.54, 1.807) is 12.4 Å². The van der Waals surface area contributed by atoms with Gasteiger partial charge in [-0.2, -0.15) is 0 Å². The Morgan fingerprint density at radius 1 is 1.43 bits per heavy atom. The molecule has 114 valence electrons. The molecule has 0 radical (unpaired) electrons. The van der Waals surface area contributed by atoms with Crippen molar-refractivity contribution in [1.29, 1.82) is 0 Å². The summed E-state index contributed by atoms with van der Waals surface area (Å²) in [6.07, 6.45) is 4.56. The molecule has 0 spiro atoms. The molecule has 21 heavy (non-hydrogen) atoms. The van der Waals surface area contributed by atoms with E-state index in [1.807, 2.05) is 6.07 Å². The van der Waals surface area contributed by atoms with E-state index in [-0.39, 0.29) is 5.91 Å². The first-order valence-corrected chi connectivity index (χ1v) is 8.11. The Hall–Kier alpha value is -1.66. The number of anilines is 1. The summed E-state index contributed by atoms with van der Waals surface area (Å²) >= 11 is 1.39. The number of carbonyl (C=O) groups is 1. The van der Waals surface area contributed by atoms with Crippen molar-refractivity contribution < 1.29 is 4.79 Å². The number of aromatic nitrogens is 1. The molecule has 0 atom stereocenters. The fourth-order valence-corrected chi connectivity index (χ4v) is 3.30. The zero-order chi connectivity index (χ0) is 15.2. The molecule has 0 saturated carbocycles. The topological polar surface area (TPSA) is 71.2 Å². The first-order valence-electron chi connectivity index (χ1n) is 7.29. The maximum atomic E-state index is 12.2. The van der Waals surface area contributed by atoms with Crippen LogP contribution >= 0.6 is 11.3 Å². The molecule has 2 heterocycles. The van der Waals surface area contributed by atoms with Crippen LogP contribution in [0.25, 0.3) is 10.1 Å². The van der Waals surface area contributed by atoms with Gasteiger partial charge in [-0.25, -0.2) is 0 Å². The molecule has 0 aromatic carbocycles. The fraction of sp³-hybridized carbons (Fsp3) is 0.467. The van der Waals surface area contributed by atoms with Crippen LogP contribution in [0.4, 0.5) is 5.69 Å². The summed E-state index contributed by atoms with van der Waals surface area (Å²) in [6.45, 7) is 7.85. The monoisotopic (exact) mass is 306 g/mol. The van der Waals surface area contributed by atoms with Crippen molar-refractivity contribution in [1.82, 2.24) is 15.2 Å². The quantitative estimate of drug-likeness (QED) is 0.823. The van der Waals surface area contributed by atoms with Crippen molar-refractivity contribution in [3.63, 3.8) is 0 Å². The van der Waals surface area contributed by atoms with Crippen molar-refractivity contribution in [3.05, 3.63) is 23.3 Å². The number of thiophene rings is 1. The van der Waals surface area contributed by atoms with Gasteiger partial charge in [-0.1, -0.05) is 13.8 Å². The van der Waals surface area contributed by atoms with E-state index < -0.39 is 0 Å². The molecule has 0 bridgehead atoms. The first kappa shape index (κ1) is 15.7. The first-order chi connectivity index (χ1) is 10.2. The zero-order valence-corrected chi connectivity index (χ0v) is 13.4. The highest BCUT2D eigenvalue weighted by Crippen LogP contribution is 2.32. The normalized spacial score (nSPS) is 11.2. The van der Waals surface area contributed by atoms with Gasteiger partial charge >= 0.3 is 0 Å². The molecule has 0 unspecified atom stereocenters. The summed E-state index contributed by atoms with van der Waals surface area (Å²) in [7, 11) is 0. The third-order valence-corrected chi connectivity index (χ3v) is 4.59. The Kier molecular flexibility index (Phi) is 5.52. The van der Waals surface area contributed by atoms with Gasteiger partial charge in [0, 0.05) is 30.9 Å². The highest BCUT2D eigenvalue weighted by molar-refractivity contribution is 7.21. The van der Waals surface area contributed by atoms with E-state index >= 15 is 0 Å². The van der Waals surface area contributed by atoms with Crippen molar-refractivity contribution in [3.8, 4) is 0 Å². The second-order valence-electron chi connectivity index (χ2n) is 4.91. The molecule has 0 saturated heterocycles. The number of fused-ring (bicyclic) bond motifs is 1. The Balaban J connectivity index is 1.97. The maximum Gasteiger partial charge on any atom is 0.263 e. The number of carbonyl (C=O) groups excluding carboxylic acids is 1. The Labute approximate surface area is 129 Å². The van der Waals surface area contributed by atoms with E-state index in [4.69, 9.17) is 5.73 Å². The molecule has 0 aliphatic rings. The molecule has 1 amide bonds. The number of nitrogens with two attached hydrogens (primary N) is 1. The number of pyridine rings is 1. The van der Waals surface area contributed by atoms with Gasteiger partial charge < -0.3 is 16.0 Å². The SMILES string of the molecule is CCCN(CC)CCNC(=O)c1sc2cnccc2c1N. The number of likely N-dealkylation sites (N-methyl/N-ethyl adjacent to an activating group) is 1. The largest absolute Gasteiger partial charge is 0.397 e. The molecule has 0 aliphatic heterocycles. The van der Waals surface area contributed by atoms with E-state index in [9.17, 15) is 4.79 Å². The van der Waals surface area contributed by atoms with Crippen LogP contribution in [0, 0.1) is 0 Å². The summed E-state index contributed by atoms with van der Waals surface area (Å²) in [5.74, 6) is -0.0961. The van der Waals surface area contributed by atoms with E-state index in [2.05, 4.69) is 29.0 Å². The molecule has 5 nitrogen and oxygen atoms in total. The fourth-order valence-electron chi connectivity index (χ4n) is 2.29.